The van der Waals surface area contributed by atoms with Crippen LogP contribution >= 0.6 is 12.2 Å². The molecule has 0 bridgehead atoms. The lowest BCUT2D eigenvalue weighted by molar-refractivity contribution is 0.154. The molecule has 0 fully saturated rings. The number of H-pyrrole nitrogens is 1. The van der Waals surface area contributed by atoms with Crippen molar-refractivity contribution in [2.24, 2.45) is 0 Å². The summed E-state index contributed by atoms with van der Waals surface area (Å²) < 4.78 is 6.62. The van der Waals surface area contributed by atoms with Crippen LogP contribution in [0.4, 0.5) is 4.79 Å². The molecule has 1 heterocycles. The van der Waals surface area contributed by atoms with E-state index < -0.39 is 6.09 Å². The van der Waals surface area contributed by atoms with Crippen LogP contribution in [0.3, 0.4) is 0 Å². The number of para-hydroxylation sites is 2. The van der Waals surface area contributed by atoms with E-state index in [1.165, 1.54) is 4.57 Å². The first-order valence-electron chi connectivity index (χ1n) is 4.61. The molecule has 0 aliphatic rings. The molecule has 0 unspecified atom stereocenters. The van der Waals surface area contributed by atoms with Crippen molar-refractivity contribution in [2.75, 3.05) is 6.61 Å². The Kier molecular flexibility index (Phi) is 2.55. The number of rotatable bonds is 1. The quantitative estimate of drug-likeness (QED) is 0.754. The Morgan fingerprint density at radius 2 is 2.27 bits per heavy atom. The summed E-state index contributed by atoms with van der Waals surface area (Å²) in [4.78, 5) is 14.5. The topological polar surface area (TPSA) is 47.0 Å². The predicted molar refractivity (Wildman–Crippen MR) is 59.5 cm³/mol. The fourth-order valence-electron chi connectivity index (χ4n) is 1.42. The minimum Gasteiger partial charge on any atom is -0.449 e. The van der Waals surface area contributed by atoms with E-state index in [-0.39, 0.29) is 0 Å². The SMILES string of the molecule is CCOC(=O)n1c(=S)[nH]c2ccccc21. The number of benzene rings is 1. The summed E-state index contributed by atoms with van der Waals surface area (Å²) in [7, 11) is 0. The molecule has 0 amide bonds. The third kappa shape index (κ3) is 1.66. The monoisotopic (exact) mass is 222 g/mol. The van der Waals surface area contributed by atoms with Gasteiger partial charge < -0.3 is 9.72 Å². The number of fused-ring (bicyclic) bond motifs is 1. The first kappa shape index (κ1) is 9.92. The number of hydrogen-bond acceptors (Lipinski definition) is 3. The van der Waals surface area contributed by atoms with Gasteiger partial charge in [0.25, 0.3) is 0 Å². The Bertz CT molecular complexity index is 556. The highest BCUT2D eigenvalue weighted by Crippen LogP contribution is 2.13. The van der Waals surface area contributed by atoms with E-state index in [2.05, 4.69) is 4.98 Å². The lowest BCUT2D eigenvalue weighted by Crippen LogP contribution is -2.13. The zero-order valence-electron chi connectivity index (χ0n) is 8.19. The zero-order chi connectivity index (χ0) is 10.8. The first-order valence-corrected chi connectivity index (χ1v) is 5.01. The number of nitrogens with one attached hydrogen (secondary N) is 1. The van der Waals surface area contributed by atoms with Crippen molar-refractivity contribution in [1.29, 1.82) is 0 Å². The third-order valence-electron chi connectivity index (χ3n) is 2.04. The lowest BCUT2D eigenvalue weighted by Gasteiger charge is -2.02. The summed E-state index contributed by atoms with van der Waals surface area (Å²) in [6.45, 7) is 2.09. The van der Waals surface area contributed by atoms with Gasteiger partial charge in [-0.15, -0.1) is 0 Å². The van der Waals surface area contributed by atoms with E-state index >= 15 is 0 Å². The third-order valence-corrected chi connectivity index (χ3v) is 2.32. The van der Waals surface area contributed by atoms with E-state index in [0.717, 1.165) is 11.0 Å². The van der Waals surface area contributed by atoms with Crippen molar-refractivity contribution in [3.8, 4) is 0 Å². The minimum atomic E-state index is -0.444. The lowest BCUT2D eigenvalue weighted by atomic mass is 10.3. The van der Waals surface area contributed by atoms with Gasteiger partial charge in [0.15, 0.2) is 4.77 Å². The summed E-state index contributed by atoms with van der Waals surface area (Å²) >= 11 is 5.05. The molecule has 1 aromatic heterocycles. The van der Waals surface area contributed by atoms with Crippen molar-refractivity contribution in [3.05, 3.63) is 29.0 Å². The molecule has 0 saturated carbocycles. The molecule has 2 aromatic rings. The van der Waals surface area contributed by atoms with E-state index in [9.17, 15) is 4.79 Å². The standard InChI is InChI=1S/C10H10N2O2S/c1-2-14-10(13)12-8-6-4-3-5-7(8)11-9(12)15/h3-6H,2H2,1H3,(H,11,15). The van der Waals surface area contributed by atoms with Gasteiger partial charge in [-0.1, -0.05) is 12.1 Å². The van der Waals surface area contributed by atoms with E-state index in [0.29, 0.717) is 11.4 Å². The van der Waals surface area contributed by atoms with Crippen LogP contribution in [0.5, 0.6) is 0 Å². The number of carbonyl (C=O) groups is 1. The van der Waals surface area contributed by atoms with Gasteiger partial charge in [0, 0.05) is 0 Å². The number of aromatic nitrogens is 2. The van der Waals surface area contributed by atoms with Gasteiger partial charge in [-0.25, -0.2) is 9.36 Å². The maximum absolute atomic E-state index is 11.6. The molecule has 2 rings (SSSR count). The second-order valence-electron chi connectivity index (χ2n) is 2.98. The van der Waals surface area contributed by atoms with Crippen molar-refractivity contribution in [1.82, 2.24) is 9.55 Å². The Morgan fingerprint density at radius 3 is 3.00 bits per heavy atom. The average molecular weight is 222 g/mol. The van der Waals surface area contributed by atoms with Gasteiger partial charge in [-0.05, 0) is 31.3 Å². The zero-order valence-corrected chi connectivity index (χ0v) is 9.00. The van der Waals surface area contributed by atoms with E-state index in [4.69, 9.17) is 17.0 Å². The van der Waals surface area contributed by atoms with Crippen molar-refractivity contribution in [3.63, 3.8) is 0 Å². The molecule has 15 heavy (non-hydrogen) atoms. The van der Waals surface area contributed by atoms with Crippen molar-refractivity contribution in [2.45, 2.75) is 6.92 Å². The van der Waals surface area contributed by atoms with E-state index in [1.54, 1.807) is 6.92 Å². The van der Waals surface area contributed by atoms with Gasteiger partial charge in [-0.3, -0.25) is 0 Å². The van der Waals surface area contributed by atoms with Gasteiger partial charge in [0.05, 0.1) is 17.6 Å². The fourth-order valence-corrected chi connectivity index (χ4v) is 1.71. The maximum Gasteiger partial charge on any atom is 0.420 e. The summed E-state index contributed by atoms with van der Waals surface area (Å²) in [5, 5.41) is 0. The molecule has 5 heteroatoms. The van der Waals surface area contributed by atoms with Crippen LogP contribution in [0.2, 0.25) is 0 Å². The number of nitrogens with zero attached hydrogens (tertiary/aromatic N) is 1. The number of imidazole rings is 1. The summed E-state index contributed by atoms with van der Waals surface area (Å²) in [5.74, 6) is 0. The second kappa shape index (κ2) is 3.86. The Balaban J connectivity index is 2.64. The average Bonchev–Trinajstić information content (AvgIpc) is 2.54. The Hall–Kier alpha value is -1.62. The second-order valence-corrected chi connectivity index (χ2v) is 3.37. The van der Waals surface area contributed by atoms with Gasteiger partial charge >= 0.3 is 6.09 Å². The number of hydrogen-bond donors (Lipinski definition) is 1. The summed E-state index contributed by atoms with van der Waals surface area (Å²) in [6.07, 6.45) is -0.444. The molecule has 1 aromatic carbocycles. The van der Waals surface area contributed by atoms with Gasteiger partial charge in [0.2, 0.25) is 0 Å². The molecule has 4 nitrogen and oxygen atoms in total. The van der Waals surface area contributed by atoms with Gasteiger partial charge in [-0.2, -0.15) is 0 Å². The summed E-state index contributed by atoms with van der Waals surface area (Å²) in [6, 6.07) is 7.41. The molecule has 78 valence electrons. The highest BCUT2D eigenvalue weighted by atomic mass is 32.1. The fraction of sp³-hybridized carbons (Fsp3) is 0.200. The minimum absolute atomic E-state index is 0.333. The molecule has 1 N–H and O–H groups in total. The molecule has 0 atom stereocenters. The molecule has 0 saturated heterocycles. The molecule has 0 radical (unpaired) electrons. The highest BCUT2D eigenvalue weighted by molar-refractivity contribution is 7.71. The maximum atomic E-state index is 11.6. The Labute approximate surface area is 91.5 Å². The molecule has 0 aliphatic heterocycles. The van der Waals surface area contributed by atoms with Gasteiger partial charge in [0.1, 0.15) is 0 Å². The van der Waals surface area contributed by atoms with Crippen LogP contribution in [0.25, 0.3) is 11.0 Å². The molecule has 0 aliphatic carbocycles. The Morgan fingerprint density at radius 1 is 1.53 bits per heavy atom. The number of aromatic amines is 1. The molecule has 0 spiro atoms. The number of ether oxygens (including phenoxy) is 1. The molecular weight excluding hydrogens is 212 g/mol. The smallest absolute Gasteiger partial charge is 0.420 e. The first-order chi connectivity index (χ1) is 7.24. The van der Waals surface area contributed by atoms with Crippen LogP contribution in [0, 0.1) is 4.77 Å². The molecular formula is C10H10N2O2S. The normalized spacial score (nSPS) is 10.5. The summed E-state index contributed by atoms with van der Waals surface area (Å²) in [5.41, 5.74) is 1.57. The van der Waals surface area contributed by atoms with Crippen LogP contribution in [-0.2, 0) is 4.74 Å². The van der Waals surface area contributed by atoms with E-state index in [1.807, 2.05) is 24.3 Å². The van der Waals surface area contributed by atoms with Crippen LogP contribution in [0.1, 0.15) is 6.92 Å². The van der Waals surface area contributed by atoms with Crippen molar-refractivity contribution >= 4 is 29.3 Å². The highest BCUT2D eigenvalue weighted by Gasteiger charge is 2.11. The van der Waals surface area contributed by atoms with Crippen molar-refractivity contribution < 1.29 is 9.53 Å². The number of carbonyl (C=O) groups excluding carboxylic acids is 1. The van der Waals surface area contributed by atoms with Crippen LogP contribution in [0.15, 0.2) is 24.3 Å². The van der Waals surface area contributed by atoms with Crippen LogP contribution in [-0.4, -0.2) is 22.3 Å². The largest absolute Gasteiger partial charge is 0.449 e. The predicted octanol–water partition coefficient (Wildman–Crippen LogP) is 2.70. The van der Waals surface area contributed by atoms with Crippen LogP contribution < -0.4 is 0 Å².